The Hall–Kier alpha value is -1.18. The van der Waals surface area contributed by atoms with E-state index >= 15 is 0 Å². The number of hydrogen-bond acceptors (Lipinski definition) is 3. The van der Waals surface area contributed by atoms with Gasteiger partial charge in [0.15, 0.2) is 0 Å². The molecule has 0 fully saturated rings. The molecule has 1 N–H and O–H groups in total. The zero-order valence-corrected chi connectivity index (χ0v) is 13.5. The smallest absolute Gasteiger partial charge is 0.231 e. The van der Waals surface area contributed by atoms with Gasteiger partial charge >= 0.3 is 0 Å². The van der Waals surface area contributed by atoms with Crippen molar-refractivity contribution in [1.29, 1.82) is 5.26 Å². The second kappa shape index (κ2) is 7.56. The van der Waals surface area contributed by atoms with Crippen LogP contribution in [0.15, 0.2) is 24.3 Å². The number of amides is 1. The second-order valence-electron chi connectivity index (χ2n) is 5.14. The third kappa shape index (κ3) is 5.07. The van der Waals surface area contributed by atoms with E-state index in [1.54, 1.807) is 6.92 Å². The van der Waals surface area contributed by atoms with E-state index in [2.05, 4.69) is 11.4 Å². The third-order valence-corrected chi connectivity index (χ3v) is 4.46. The highest BCUT2D eigenvalue weighted by atomic mass is 35.5. The van der Waals surface area contributed by atoms with Gasteiger partial charge in [0.05, 0.1) is 11.8 Å². The number of carbonyl (C=O) groups is 1. The zero-order chi connectivity index (χ0) is 15.2. The highest BCUT2D eigenvalue weighted by Crippen LogP contribution is 2.17. The van der Waals surface area contributed by atoms with E-state index in [1.807, 2.05) is 38.1 Å². The average Bonchev–Trinajstić information content (AvgIpc) is 2.40. The topological polar surface area (TPSA) is 52.9 Å². The van der Waals surface area contributed by atoms with E-state index in [-0.39, 0.29) is 11.8 Å². The molecule has 0 heterocycles. The molecule has 3 nitrogen and oxygen atoms in total. The first-order valence-corrected chi connectivity index (χ1v) is 7.95. The van der Waals surface area contributed by atoms with Crippen molar-refractivity contribution in [3.8, 4) is 6.07 Å². The first kappa shape index (κ1) is 16.9. The Kier molecular flexibility index (Phi) is 6.38. The van der Waals surface area contributed by atoms with Crippen LogP contribution in [0.5, 0.6) is 0 Å². The summed E-state index contributed by atoms with van der Waals surface area (Å²) < 4.78 is 0. The minimum absolute atomic E-state index is 0.0673. The van der Waals surface area contributed by atoms with Crippen LogP contribution in [0.3, 0.4) is 0 Å². The molecule has 1 rings (SSSR count). The number of rotatable bonds is 6. The van der Waals surface area contributed by atoms with Crippen molar-refractivity contribution in [2.24, 2.45) is 5.92 Å². The van der Waals surface area contributed by atoms with Crippen LogP contribution >= 0.6 is 23.4 Å². The molecule has 108 valence electrons. The zero-order valence-electron chi connectivity index (χ0n) is 11.9. The van der Waals surface area contributed by atoms with Crippen LogP contribution in [-0.2, 0) is 10.5 Å². The summed E-state index contributed by atoms with van der Waals surface area (Å²) >= 11 is 7.33. The van der Waals surface area contributed by atoms with E-state index in [0.29, 0.717) is 10.8 Å². The number of benzene rings is 1. The van der Waals surface area contributed by atoms with Gasteiger partial charge in [-0.15, -0.1) is 11.8 Å². The van der Waals surface area contributed by atoms with Crippen LogP contribution in [0.2, 0.25) is 5.02 Å². The standard InChI is InChI=1S/C15H19ClN2OS/c1-11(2)15(3,10-17)18-14(19)9-20-8-12-4-6-13(16)7-5-12/h4-7,11H,8-9H2,1-3H3,(H,18,19). The Balaban J connectivity index is 2.41. The second-order valence-corrected chi connectivity index (χ2v) is 6.56. The van der Waals surface area contributed by atoms with Crippen molar-refractivity contribution in [3.63, 3.8) is 0 Å². The molecule has 0 bridgehead atoms. The van der Waals surface area contributed by atoms with E-state index in [0.717, 1.165) is 11.3 Å². The minimum atomic E-state index is -0.808. The Labute approximate surface area is 129 Å². The normalized spacial score (nSPS) is 13.6. The molecule has 0 radical (unpaired) electrons. The van der Waals surface area contributed by atoms with Gasteiger partial charge in [-0.3, -0.25) is 4.79 Å². The van der Waals surface area contributed by atoms with Gasteiger partial charge in [0.2, 0.25) is 5.91 Å². The summed E-state index contributed by atoms with van der Waals surface area (Å²) in [5.74, 6) is 1.04. The molecule has 0 aromatic heterocycles. The predicted molar refractivity (Wildman–Crippen MR) is 84.6 cm³/mol. The summed E-state index contributed by atoms with van der Waals surface area (Å²) in [7, 11) is 0. The number of halogens is 1. The van der Waals surface area contributed by atoms with Crippen molar-refractivity contribution < 1.29 is 4.79 Å². The third-order valence-electron chi connectivity index (χ3n) is 3.20. The monoisotopic (exact) mass is 310 g/mol. The lowest BCUT2D eigenvalue weighted by Crippen LogP contribution is -2.49. The molecule has 5 heteroatoms. The van der Waals surface area contributed by atoms with E-state index in [1.165, 1.54) is 11.8 Å². The summed E-state index contributed by atoms with van der Waals surface area (Å²) in [6, 6.07) is 9.73. The van der Waals surface area contributed by atoms with E-state index < -0.39 is 5.54 Å². The molecular formula is C15H19ClN2OS. The lowest BCUT2D eigenvalue weighted by molar-refractivity contribution is -0.120. The first-order valence-electron chi connectivity index (χ1n) is 6.42. The fourth-order valence-electron chi connectivity index (χ4n) is 1.47. The molecule has 20 heavy (non-hydrogen) atoms. The van der Waals surface area contributed by atoms with Crippen LogP contribution in [0, 0.1) is 17.2 Å². The fourth-order valence-corrected chi connectivity index (χ4v) is 2.38. The first-order chi connectivity index (χ1) is 9.37. The Bertz CT molecular complexity index is 496. The Morgan fingerprint density at radius 1 is 1.45 bits per heavy atom. The fraction of sp³-hybridized carbons (Fsp3) is 0.467. The molecule has 0 saturated heterocycles. The molecule has 0 saturated carbocycles. The largest absolute Gasteiger partial charge is 0.337 e. The van der Waals surface area contributed by atoms with Crippen molar-refractivity contribution in [1.82, 2.24) is 5.32 Å². The maximum atomic E-state index is 11.9. The van der Waals surface area contributed by atoms with Crippen molar-refractivity contribution in [2.45, 2.75) is 32.1 Å². The number of thioether (sulfide) groups is 1. The number of nitrogens with zero attached hydrogens (tertiary/aromatic N) is 1. The molecule has 1 aromatic rings. The molecular weight excluding hydrogens is 292 g/mol. The summed E-state index contributed by atoms with van der Waals surface area (Å²) in [5.41, 5.74) is 0.317. The number of hydrogen-bond donors (Lipinski definition) is 1. The van der Waals surface area contributed by atoms with Crippen molar-refractivity contribution in [2.75, 3.05) is 5.75 Å². The van der Waals surface area contributed by atoms with E-state index in [4.69, 9.17) is 16.9 Å². The SMILES string of the molecule is CC(C)C(C)(C#N)NC(=O)CSCc1ccc(Cl)cc1. The van der Waals surface area contributed by atoms with Crippen LogP contribution in [0.25, 0.3) is 0 Å². The summed E-state index contributed by atoms with van der Waals surface area (Å²) in [5, 5.41) is 12.7. The molecule has 0 aliphatic carbocycles. The van der Waals surface area contributed by atoms with Crippen LogP contribution in [0.1, 0.15) is 26.3 Å². The summed E-state index contributed by atoms with van der Waals surface area (Å²) in [6.07, 6.45) is 0. The Morgan fingerprint density at radius 3 is 2.55 bits per heavy atom. The lowest BCUT2D eigenvalue weighted by Gasteiger charge is -2.27. The summed E-state index contributed by atoms with van der Waals surface area (Å²) in [4.78, 5) is 11.9. The van der Waals surface area contributed by atoms with Gasteiger partial charge in [0.1, 0.15) is 5.54 Å². The maximum absolute atomic E-state index is 11.9. The van der Waals surface area contributed by atoms with Gasteiger partial charge in [0, 0.05) is 10.8 Å². The number of carbonyl (C=O) groups excluding carboxylic acids is 1. The molecule has 1 aromatic carbocycles. The molecule has 0 aliphatic rings. The van der Waals surface area contributed by atoms with Crippen molar-refractivity contribution in [3.05, 3.63) is 34.9 Å². The lowest BCUT2D eigenvalue weighted by atomic mass is 9.90. The van der Waals surface area contributed by atoms with Gasteiger partial charge in [-0.05, 0) is 30.5 Å². The van der Waals surface area contributed by atoms with Gasteiger partial charge in [0.25, 0.3) is 0 Å². The molecule has 0 aliphatic heterocycles. The van der Waals surface area contributed by atoms with Gasteiger partial charge in [-0.25, -0.2) is 0 Å². The molecule has 1 atom stereocenters. The van der Waals surface area contributed by atoms with E-state index in [9.17, 15) is 4.79 Å². The van der Waals surface area contributed by atoms with Gasteiger partial charge in [-0.1, -0.05) is 37.6 Å². The maximum Gasteiger partial charge on any atom is 0.231 e. The van der Waals surface area contributed by atoms with Crippen molar-refractivity contribution >= 4 is 29.3 Å². The molecule has 1 unspecified atom stereocenters. The summed E-state index contributed by atoms with van der Waals surface area (Å²) in [6.45, 7) is 5.59. The number of nitriles is 1. The highest BCUT2D eigenvalue weighted by molar-refractivity contribution is 7.99. The van der Waals surface area contributed by atoms with Gasteiger partial charge < -0.3 is 5.32 Å². The molecule has 1 amide bonds. The van der Waals surface area contributed by atoms with Crippen LogP contribution in [-0.4, -0.2) is 17.2 Å². The Morgan fingerprint density at radius 2 is 2.05 bits per heavy atom. The predicted octanol–water partition coefficient (Wildman–Crippen LogP) is 3.63. The van der Waals surface area contributed by atoms with Gasteiger partial charge in [-0.2, -0.15) is 5.26 Å². The van der Waals surface area contributed by atoms with Crippen LogP contribution in [0.4, 0.5) is 0 Å². The highest BCUT2D eigenvalue weighted by Gasteiger charge is 2.29. The number of nitrogens with one attached hydrogen (secondary N) is 1. The van der Waals surface area contributed by atoms with Crippen LogP contribution < -0.4 is 5.32 Å². The molecule has 0 spiro atoms. The quantitative estimate of drug-likeness (QED) is 0.873. The minimum Gasteiger partial charge on any atom is -0.337 e. The average molecular weight is 311 g/mol.